The van der Waals surface area contributed by atoms with Gasteiger partial charge in [0, 0.05) is 12.2 Å². The zero-order chi connectivity index (χ0) is 12.3. The lowest BCUT2D eigenvalue weighted by molar-refractivity contribution is 0.0923. The third kappa shape index (κ3) is 4.80. The number of nitrogens with one attached hydrogen (secondary N) is 1. The highest BCUT2D eigenvalue weighted by atomic mass is 35.5. The largest absolute Gasteiger partial charge is 0.348 e. The summed E-state index contributed by atoms with van der Waals surface area (Å²) in [4.78, 5) is 15.9. The lowest BCUT2D eigenvalue weighted by Crippen LogP contribution is -2.40. The third-order valence-corrected chi connectivity index (χ3v) is 3.46. The second-order valence-electron chi connectivity index (χ2n) is 4.37. The zero-order valence-electron chi connectivity index (χ0n) is 10.3. The summed E-state index contributed by atoms with van der Waals surface area (Å²) in [5, 5.41) is 3.52. The van der Waals surface area contributed by atoms with E-state index in [-0.39, 0.29) is 36.8 Å². The number of carbonyl (C=O) groups is 1. The first kappa shape index (κ1) is 18.4. The fraction of sp³-hybridized carbons (Fsp3) is 0.500. The fourth-order valence-corrected chi connectivity index (χ4v) is 2.37. The molecule has 0 spiro atoms. The summed E-state index contributed by atoms with van der Waals surface area (Å²) in [7, 11) is 0. The van der Waals surface area contributed by atoms with E-state index in [4.69, 9.17) is 17.3 Å². The van der Waals surface area contributed by atoms with E-state index in [1.807, 2.05) is 0 Å². The minimum Gasteiger partial charge on any atom is -0.348 e. The molecule has 2 unspecified atom stereocenters. The molecule has 1 aromatic rings. The molecule has 2 atom stereocenters. The Hall–Kier alpha value is -0.550. The predicted octanol–water partition coefficient (Wildman–Crippen LogP) is 2.44. The van der Waals surface area contributed by atoms with Crippen molar-refractivity contribution in [2.24, 2.45) is 11.7 Å². The molecule has 19 heavy (non-hydrogen) atoms. The van der Waals surface area contributed by atoms with Crippen LogP contribution in [0.5, 0.6) is 0 Å². The highest BCUT2D eigenvalue weighted by Gasteiger charge is 2.27. The first-order chi connectivity index (χ1) is 8.20. The summed E-state index contributed by atoms with van der Waals surface area (Å²) in [6, 6.07) is 3.48. The number of hydrogen-bond donors (Lipinski definition) is 2. The van der Waals surface area contributed by atoms with Crippen molar-refractivity contribution >= 4 is 42.3 Å². The number of hydrogen-bond acceptors (Lipinski definition) is 3. The van der Waals surface area contributed by atoms with Crippen molar-refractivity contribution in [2.75, 3.05) is 6.54 Å². The Kier molecular flexibility index (Phi) is 8.34. The fourth-order valence-electron chi connectivity index (χ4n) is 2.26. The molecule has 0 radical (unpaired) electrons. The van der Waals surface area contributed by atoms with Gasteiger partial charge in [0.1, 0.15) is 5.69 Å². The quantitative estimate of drug-likeness (QED) is 0.896. The van der Waals surface area contributed by atoms with Gasteiger partial charge in [-0.1, -0.05) is 18.0 Å². The molecule has 1 aliphatic rings. The van der Waals surface area contributed by atoms with E-state index in [2.05, 4.69) is 10.3 Å². The summed E-state index contributed by atoms with van der Waals surface area (Å²) >= 11 is 5.72. The second-order valence-corrected chi connectivity index (χ2v) is 4.80. The maximum absolute atomic E-state index is 11.9. The van der Waals surface area contributed by atoms with Gasteiger partial charge in [-0.25, -0.2) is 4.98 Å². The van der Waals surface area contributed by atoms with Crippen LogP contribution in [0.25, 0.3) is 0 Å². The van der Waals surface area contributed by atoms with Gasteiger partial charge in [-0.2, -0.15) is 0 Å². The van der Waals surface area contributed by atoms with E-state index >= 15 is 0 Å². The molecule has 1 saturated carbocycles. The van der Waals surface area contributed by atoms with Crippen LogP contribution in [0.2, 0.25) is 5.02 Å². The van der Waals surface area contributed by atoms with Gasteiger partial charge < -0.3 is 11.1 Å². The van der Waals surface area contributed by atoms with E-state index in [1.54, 1.807) is 12.1 Å². The second kappa shape index (κ2) is 8.59. The van der Waals surface area contributed by atoms with Gasteiger partial charge in [-0.15, -0.1) is 24.8 Å². The van der Waals surface area contributed by atoms with Crippen molar-refractivity contribution in [1.82, 2.24) is 10.3 Å². The summed E-state index contributed by atoms with van der Waals surface area (Å²) < 4.78 is 0. The SMILES string of the molecule is Cl.Cl.NCC1CCCC1NC(=O)c1ccc(Cl)cn1. The van der Waals surface area contributed by atoms with Gasteiger partial charge in [0.2, 0.25) is 0 Å². The molecule has 3 N–H and O–H groups in total. The molecular weight excluding hydrogens is 309 g/mol. The molecule has 0 saturated heterocycles. The van der Waals surface area contributed by atoms with Gasteiger partial charge in [0.05, 0.1) is 5.02 Å². The van der Waals surface area contributed by atoms with Crippen molar-refractivity contribution in [3.63, 3.8) is 0 Å². The summed E-state index contributed by atoms with van der Waals surface area (Å²) in [6.07, 6.45) is 4.70. The summed E-state index contributed by atoms with van der Waals surface area (Å²) in [5.74, 6) is 0.248. The average Bonchev–Trinajstić information content (AvgIpc) is 2.77. The number of rotatable bonds is 3. The van der Waals surface area contributed by atoms with Gasteiger partial charge in [-0.3, -0.25) is 4.79 Å². The van der Waals surface area contributed by atoms with Crippen LogP contribution in [0.1, 0.15) is 29.8 Å². The minimum absolute atomic E-state index is 0. The van der Waals surface area contributed by atoms with E-state index in [0.717, 1.165) is 19.3 Å². The van der Waals surface area contributed by atoms with E-state index in [0.29, 0.717) is 23.2 Å². The molecule has 1 fully saturated rings. The van der Waals surface area contributed by atoms with Gasteiger partial charge in [0.15, 0.2) is 0 Å². The van der Waals surface area contributed by atoms with Crippen LogP contribution in [-0.4, -0.2) is 23.5 Å². The van der Waals surface area contributed by atoms with Crippen molar-refractivity contribution in [3.05, 3.63) is 29.0 Å². The van der Waals surface area contributed by atoms with Crippen LogP contribution in [0, 0.1) is 5.92 Å². The Labute approximate surface area is 130 Å². The molecule has 1 amide bonds. The Morgan fingerprint density at radius 3 is 2.74 bits per heavy atom. The maximum Gasteiger partial charge on any atom is 0.270 e. The van der Waals surface area contributed by atoms with Gasteiger partial charge >= 0.3 is 0 Å². The number of aromatic nitrogens is 1. The normalized spacial score (nSPS) is 21.2. The number of carbonyl (C=O) groups excluding carboxylic acids is 1. The smallest absolute Gasteiger partial charge is 0.270 e. The Bertz CT molecular complexity index is 400. The Balaban J connectivity index is 0.00000162. The van der Waals surface area contributed by atoms with Crippen molar-refractivity contribution in [1.29, 1.82) is 0 Å². The molecule has 7 heteroatoms. The Morgan fingerprint density at radius 1 is 1.42 bits per heavy atom. The van der Waals surface area contributed by atoms with Crippen LogP contribution in [-0.2, 0) is 0 Å². The molecule has 0 aliphatic heterocycles. The number of pyridine rings is 1. The first-order valence-corrected chi connectivity index (χ1v) is 6.21. The summed E-state index contributed by atoms with van der Waals surface area (Å²) in [6.45, 7) is 0.624. The molecule has 4 nitrogen and oxygen atoms in total. The molecule has 0 bridgehead atoms. The number of halogens is 3. The maximum atomic E-state index is 11.9. The predicted molar refractivity (Wildman–Crippen MR) is 81.4 cm³/mol. The van der Waals surface area contributed by atoms with Crippen LogP contribution in [0.15, 0.2) is 18.3 Å². The lowest BCUT2D eigenvalue weighted by atomic mass is 10.0. The number of nitrogens with zero attached hydrogens (tertiary/aromatic N) is 1. The van der Waals surface area contributed by atoms with Crippen molar-refractivity contribution in [3.8, 4) is 0 Å². The van der Waals surface area contributed by atoms with Crippen LogP contribution in [0.4, 0.5) is 0 Å². The topological polar surface area (TPSA) is 68.0 Å². The third-order valence-electron chi connectivity index (χ3n) is 3.24. The average molecular weight is 327 g/mol. The molecule has 1 heterocycles. The van der Waals surface area contributed by atoms with Crippen LogP contribution < -0.4 is 11.1 Å². The van der Waals surface area contributed by atoms with Crippen LogP contribution in [0.3, 0.4) is 0 Å². The highest BCUT2D eigenvalue weighted by Crippen LogP contribution is 2.24. The van der Waals surface area contributed by atoms with Crippen molar-refractivity contribution in [2.45, 2.75) is 25.3 Å². The van der Waals surface area contributed by atoms with Crippen molar-refractivity contribution < 1.29 is 4.79 Å². The highest BCUT2D eigenvalue weighted by molar-refractivity contribution is 6.30. The van der Waals surface area contributed by atoms with Crippen LogP contribution >= 0.6 is 36.4 Å². The molecule has 108 valence electrons. The first-order valence-electron chi connectivity index (χ1n) is 5.83. The van der Waals surface area contributed by atoms with E-state index < -0.39 is 0 Å². The zero-order valence-corrected chi connectivity index (χ0v) is 12.7. The number of nitrogens with two attached hydrogens (primary N) is 1. The molecule has 0 aromatic carbocycles. The minimum atomic E-state index is -0.146. The molecule has 2 rings (SSSR count). The van der Waals surface area contributed by atoms with Gasteiger partial charge in [0.25, 0.3) is 5.91 Å². The lowest BCUT2D eigenvalue weighted by Gasteiger charge is -2.19. The van der Waals surface area contributed by atoms with Gasteiger partial charge in [-0.05, 0) is 37.4 Å². The molecule has 1 aliphatic carbocycles. The molecule has 1 aromatic heterocycles. The van der Waals surface area contributed by atoms with E-state index in [1.165, 1.54) is 6.20 Å². The number of amides is 1. The molecular formula is C12H18Cl3N3O. The van der Waals surface area contributed by atoms with E-state index in [9.17, 15) is 4.79 Å². The monoisotopic (exact) mass is 325 g/mol. The Morgan fingerprint density at radius 2 is 2.16 bits per heavy atom. The standard InChI is InChI=1S/C12H16ClN3O.2ClH/c13-9-4-5-11(15-7-9)12(17)16-10-3-1-2-8(10)6-14;;/h4-5,7-8,10H,1-3,6,14H2,(H,16,17);2*1H. The summed E-state index contributed by atoms with van der Waals surface area (Å²) in [5.41, 5.74) is 6.07.